The summed E-state index contributed by atoms with van der Waals surface area (Å²) in [5, 5.41) is 81.2. The van der Waals surface area contributed by atoms with Gasteiger partial charge in [0.05, 0.1) is 44.7 Å². The van der Waals surface area contributed by atoms with E-state index < -0.39 is 98.8 Å². The van der Waals surface area contributed by atoms with Gasteiger partial charge in [0.15, 0.2) is 17.8 Å². The number of rotatable bonds is 6. The van der Waals surface area contributed by atoms with Gasteiger partial charge in [-0.2, -0.15) is 0 Å². The summed E-state index contributed by atoms with van der Waals surface area (Å²) < 4.78 is 45.8. The molecule has 7 rings (SSSR count). The molecule has 306 valence electrons. The second-order valence-electron chi connectivity index (χ2n) is 13.6. The minimum Gasteiger partial charge on any atom is -0.468 e. The molecule has 18 nitrogen and oxygen atoms in total. The number of aliphatic hydroxyl groups is 8. The Balaban J connectivity index is 1.22. The molecule has 8 N–H and O–H groups in total. The smallest absolute Gasteiger partial charge is 0.337 e. The van der Waals surface area contributed by atoms with Crippen LogP contribution >= 0.6 is 0 Å². The first-order valence-corrected chi connectivity index (χ1v) is 18.1. The van der Waals surface area contributed by atoms with Gasteiger partial charge in [-0.25, -0.2) is 4.79 Å². The van der Waals surface area contributed by atoms with Crippen molar-refractivity contribution >= 4 is 11.9 Å². The molecule has 0 unspecified atom stereocenters. The molecule has 0 aromatic heterocycles. The van der Waals surface area contributed by atoms with E-state index in [1.165, 1.54) is 6.07 Å². The van der Waals surface area contributed by atoms with Crippen LogP contribution in [0.15, 0.2) is 65.9 Å². The van der Waals surface area contributed by atoms with Gasteiger partial charge >= 0.3 is 11.9 Å². The number of fused-ring (bicyclic) bond motifs is 9. The summed E-state index contributed by atoms with van der Waals surface area (Å²) in [5.74, 6) is -1.80. The largest absolute Gasteiger partial charge is 0.468 e. The van der Waals surface area contributed by atoms with Gasteiger partial charge < -0.3 is 78.7 Å². The van der Waals surface area contributed by atoms with Crippen molar-refractivity contribution in [3.8, 4) is 17.2 Å². The van der Waals surface area contributed by atoms with Crippen LogP contribution in [0.25, 0.3) is 0 Å². The molecular weight excluding hydrogens is 744 g/mol. The van der Waals surface area contributed by atoms with Crippen molar-refractivity contribution in [2.45, 2.75) is 93.9 Å². The number of esters is 2. The molecule has 0 saturated carbocycles. The third-order valence-electron chi connectivity index (χ3n) is 9.94. The summed E-state index contributed by atoms with van der Waals surface area (Å²) in [5.41, 5.74) is 1.68. The summed E-state index contributed by atoms with van der Waals surface area (Å²) in [6.07, 6.45) is -14.0. The van der Waals surface area contributed by atoms with Gasteiger partial charge in [0.2, 0.25) is 12.6 Å². The standard InChI is InChI=1S/C38H46O18/c1-2-21-22-14-28(41)49-11-10-19-5-8-24(53-37-33(46)31(44)29(42)26(15-39)54-37)25(13-19)52-20-6-3-18(4-7-20)9-12-50-35(48)23(22)17-51-36(21)56-38-34(47)32(45)30(43)27(16-40)55-38/h2-8,13,17,22,26-27,29-34,36-40,42-47H,9-12,14-16H2,1H3/t22-,26+,27+,29+,30+,31-,32-,33+,34+,36-,37+,38-/m0/s1. The number of hydrogen-bond donors (Lipinski definition) is 8. The van der Waals surface area contributed by atoms with Gasteiger partial charge in [0.25, 0.3) is 0 Å². The highest BCUT2D eigenvalue weighted by atomic mass is 16.8. The third-order valence-corrected chi connectivity index (χ3v) is 9.94. The zero-order valence-corrected chi connectivity index (χ0v) is 30.2. The van der Waals surface area contributed by atoms with Gasteiger partial charge in [-0.3, -0.25) is 4.79 Å². The molecule has 2 aromatic carbocycles. The fraction of sp³-hybridized carbons (Fsp3) is 0.526. The molecule has 5 aliphatic heterocycles. The molecular formula is C38H46O18. The Labute approximate surface area is 320 Å². The first-order valence-electron chi connectivity index (χ1n) is 18.1. The molecule has 0 spiro atoms. The maximum atomic E-state index is 13.4. The van der Waals surface area contributed by atoms with Crippen molar-refractivity contribution in [1.29, 1.82) is 0 Å². The number of ether oxygens (including phenoxy) is 8. The summed E-state index contributed by atoms with van der Waals surface area (Å²) in [7, 11) is 0. The van der Waals surface area contributed by atoms with Gasteiger partial charge in [-0.05, 0) is 42.3 Å². The van der Waals surface area contributed by atoms with Crippen LogP contribution in [0.1, 0.15) is 24.5 Å². The van der Waals surface area contributed by atoms with E-state index in [0.29, 0.717) is 17.7 Å². The van der Waals surface area contributed by atoms with Crippen molar-refractivity contribution in [2.75, 3.05) is 26.4 Å². The molecule has 2 fully saturated rings. The van der Waals surface area contributed by atoms with E-state index in [4.69, 9.17) is 37.9 Å². The number of hydrogen-bond acceptors (Lipinski definition) is 18. The van der Waals surface area contributed by atoms with Gasteiger partial charge in [-0.1, -0.05) is 24.3 Å². The molecule has 0 aliphatic carbocycles. The van der Waals surface area contributed by atoms with Crippen LogP contribution in [0.5, 0.6) is 17.2 Å². The van der Waals surface area contributed by atoms with Crippen LogP contribution in [-0.4, -0.2) is 147 Å². The molecule has 56 heavy (non-hydrogen) atoms. The average Bonchev–Trinajstić information content (AvgIpc) is 3.19. The highest BCUT2D eigenvalue weighted by Gasteiger charge is 2.47. The highest BCUT2D eigenvalue weighted by Crippen LogP contribution is 2.38. The fourth-order valence-electron chi connectivity index (χ4n) is 6.69. The predicted octanol–water partition coefficient (Wildman–Crippen LogP) is -1.15. The van der Waals surface area contributed by atoms with E-state index in [1.807, 2.05) is 0 Å². The Bertz CT molecular complexity index is 1730. The van der Waals surface area contributed by atoms with Crippen molar-refractivity contribution in [3.63, 3.8) is 0 Å². The molecule has 5 heterocycles. The lowest BCUT2D eigenvalue weighted by molar-refractivity contribution is -0.327. The van der Waals surface area contributed by atoms with E-state index in [9.17, 15) is 50.4 Å². The SMILES string of the molecule is CC=C1[C@H](O[C@@H]2O[C@H](CO)[C@@H](O)[C@H](O)[C@H]2O)OC=C2C(=O)OCCc3ccc(cc3)Oc3cc(ccc3O[C@@H]3O[C@H](CO)[C@@H](O)[C@H](O)[C@H]3O)CCOC(=O)C[C@H]21. The molecule has 4 bridgehead atoms. The summed E-state index contributed by atoms with van der Waals surface area (Å²) in [6, 6.07) is 11.7. The summed E-state index contributed by atoms with van der Waals surface area (Å²) in [4.78, 5) is 26.8. The normalized spacial score (nSPS) is 35.0. The quantitative estimate of drug-likeness (QED) is 0.127. The van der Waals surface area contributed by atoms with E-state index in [2.05, 4.69) is 0 Å². The Morgan fingerprint density at radius 3 is 2.02 bits per heavy atom. The fourth-order valence-corrected chi connectivity index (χ4v) is 6.69. The zero-order valence-electron chi connectivity index (χ0n) is 30.2. The van der Waals surface area contributed by atoms with Crippen LogP contribution in [0.2, 0.25) is 0 Å². The molecule has 2 aromatic rings. The Morgan fingerprint density at radius 2 is 1.36 bits per heavy atom. The maximum absolute atomic E-state index is 13.4. The highest BCUT2D eigenvalue weighted by molar-refractivity contribution is 5.91. The number of carbonyl (C=O) groups excluding carboxylic acids is 2. The number of benzene rings is 2. The summed E-state index contributed by atoms with van der Waals surface area (Å²) in [6.45, 7) is 0.127. The Hall–Kier alpha value is -4.18. The summed E-state index contributed by atoms with van der Waals surface area (Å²) >= 11 is 0. The zero-order chi connectivity index (χ0) is 40.1. The van der Waals surface area contributed by atoms with E-state index in [-0.39, 0.29) is 48.7 Å². The van der Waals surface area contributed by atoms with Crippen LogP contribution in [0, 0.1) is 5.92 Å². The topological polar surface area (TPSA) is 270 Å². The average molecular weight is 791 g/mol. The van der Waals surface area contributed by atoms with Crippen LogP contribution in [-0.2, 0) is 50.9 Å². The second-order valence-corrected chi connectivity index (χ2v) is 13.6. The van der Waals surface area contributed by atoms with Gasteiger partial charge in [0, 0.05) is 24.3 Å². The monoisotopic (exact) mass is 790 g/mol. The number of carbonyl (C=O) groups is 2. The third kappa shape index (κ3) is 9.17. The minimum absolute atomic E-state index is 0.00926. The van der Waals surface area contributed by atoms with E-state index in [0.717, 1.165) is 11.8 Å². The van der Waals surface area contributed by atoms with Crippen molar-refractivity contribution in [2.24, 2.45) is 5.92 Å². The molecule has 18 heteroatoms. The molecule has 5 aliphatic rings. The first-order chi connectivity index (χ1) is 26.9. The molecule has 0 amide bonds. The predicted molar refractivity (Wildman–Crippen MR) is 186 cm³/mol. The Kier molecular flexibility index (Phi) is 13.6. The second kappa shape index (κ2) is 18.4. The first kappa shape index (κ1) is 41.5. The molecule has 12 atom stereocenters. The maximum Gasteiger partial charge on any atom is 0.337 e. The van der Waals surface area contributed by atoms with E-state index >= 15 is 0 Å². The van der Waals surface area contributed by atoms with Crippen molar-refractivity contribution in [1.82, 2.24) is 0 Å². The Morgan fingerprint density at radius 1 is 0.750 bits per heavy atom. The van der Waals surface area contributed by atoms with E-state index in [1.54, 1.807) is 49.4 Å². The number of aliphatic hydroxyl groups excluding tert-OH is 8. The lowest BCUT2D eigenvalue weighted by Crippen LogP contribution is -2.60. The van der Waals surface area contributed by atoms with Crippen LogP contribution in [0.4, 0.5) is 0 Å². The molecule has 2 saturated heterocycles. The van der Waals surface area contributed by atoms with Crippen molar-refractivity contribution < 1.29 is 88.3 Å². The molecule has 0 radical (unpaired) electrons. The number of allylic oxidation sites excluding steroid dienone is 1. The van der Waals surface area contributed by atoms with Crippen LogP contribution in [0.3, 0.4) is 0 Å². The lowest BCUT2D eigenvalue weighted by Gasteiger charge is -2.42. The van der Waals surface area contributed by atoms with Crippen LogP contribution < -0.4 is 9.47 Å². The lowest BCUT2D eigenvalue weighted by atomic mass is 9.86. The van der Waals surface area contributed by atoms with Gasteiger partial charge in [0.1, 0.15) is 54.6 Å². The minimum atomic E-state index is -1.74. The van der Waals surface area contributed by atoms with Crippen molar-refractivity contribution in [3.05, 3.63) is 77.1 Å². The van der Waals surface area contributed by atoms with Gasteiger partial charge in [-0.15, -0.1) is 0 Å².